The molecule has 0 saturated carbocycles. The van der Waals surface area contributed by atoms with Crippen molar-refractivity contribution in [2.45, 2.75) is 19.3 Å². The van der Waals surface area contributed by atoms with Crippen LogP contribution < -0.4 is 10.2 Å². The molecule has 1 N–H and O–H groups in total. The monoisotopic (exact) mass is 313 g/mol. The Labute approximate surface area is 139 Å². The molecule has 0 unspecified atom stereocenters. The highest BCUT2D eigenvalue weighted by atomic mass is 16.1. The Morgan fingerprint density at radius 2 is 1.87 bits per heavy atom. The summed E-state index contributed by atoms with van der Waals surface area (Å²) in [6.45, 7) is 5.98. The van der Waals surface area contributed by atoms with E-state index in [0.717, 1.165) is 58.5 Å². The zero-order valence-corrected chi connectivity index (χ0v) is 13.8. The lowest BCUT2D eigenvalue weighted by atomic mass is 9.94. The Morgan fingerprint density at radius 1 is 1.09 bits per heavy atom. The summed E-state index contributed by atoms with van der Waals surface area (Å²) in [5.41, 5.74) is 1.31. The van der Waals surface area contributed by atoms with Gasteiger partial charge in [-0.2, -0.15) is 0 Å². The second kappa shape index (κ2) is 8.16. The fraction of sp³-hybridized carbons (Fsp3) is 0.526. The van der Waals surface area contributed by atoms with E-state index < -0.39 is 0 Å². The molecule has 0 bridgehead atoms. The molecule has 23 heavy (non-hydrogen) atoms. The van der Waals surface area contributed by atoms with Crippen LogP contribution in [0.3, 0.4) is 0 Å². The third kappa shape index (κ3) is 4.58. The Bertz CT molecular complexity index is 521. The molecule has 0 aromatic heterocycles. The van der Waals surface area contributed by atoms with Crippen LogP contribution in [0, 0.1) is 5.92 Å². The van der Waals surface area contributed by atoms with Crippen LogP contribution in [0.15, 0.2) is 42.5 Å². The van der Waals surface area contributed by atoms with Crippen molar-refractivity contribution in [2.75, 3.05) is 44.2 Å². The van der Waals surface area contributed by atoms with Gasteiger partial charge in [0.05, 0.1) is 0 Å². The molecule has 1 heterocycles. The Hall–Kier alpha value is -1.81. The molecule has 1 aliphatic carbocycles. The molecule has 3 rings (SSSR count). The molecule has 1 aromatic rings. The molecule has 1 fully saturated rings. The number of nitrogens with one attached hydrogen (secondary N) is 1. The van der Waals surface area contributed by atoms with Crippen LogP contribution in [0.1, 0.15) is 19.3 Å². The predicted octanol–water partition coefficient (Wildman–Crippen LogP) is 2.28. The summed E-state index contributed by atoms with van der Waals surface area (Å²) in [4.78, 5) is 17.0. The van der Waals surface area contributed by atoms with Gasteiger partial charge in [0.25, 0.3) is 0 Å². The van der Waals surface area contributed by atoms with E-state index in [2.05, 4.69) is 57.6 Å². The van der Waals surface area contributed by atoms with E-state index >= 15 is 0 Å². The standard InChI is InChI=1S/C19H27N3O/c23-19(17-7-3-1-4-8-17)20-11-12-21-13-15-22(16-14-21)18-9-5-2-6-10-18/h1-3,5-6,9-10,17H,4,7-8,11-16H2,(H,20,23)/t17-/m1/s1. The summed E-state index contributed by atoms with van der Waals surface area (Å²) in [7, 11) is 0. The topological polar surface area (TPSA) is 35.6 Å². The number of benzene rings is 1. The number of carbonyl (C=O) groups is 1. The summed E-state index contributed by atoms with van der Waals surface area (Å²) in [6, 6.07) is 10.6. The minimum Gasteiger partial charge on any atom is -0.369 e. The highest BCUT2D eigenvalue weighted by Gasteiger charge is 2.19. The van der Waals surface area contributed by atoms with Crippen LogP contribution >= 0.6 is 0 Å². The molecule has 1 amide bonds. The number of anilines is 1. The third-order valence-corrected chi connectivity index (χ3v) is 4.86. The van der Waals surface area contributed by atoms with Gasteiger partial charge in [-0.3, -0.25) is 9.69 Å². The minimum atomic E-state index is 0.190. The van der Waals surface area contributed by atoms with Crippen molar-refractivity contribution in [3.05, 3.63) is 42.5 Å². The second-order valence-electron chi connectivity index (χ2n) is 6.44. The summed E-state index contributed by atoms with van der Waals surface area (Å²) in [5, 5.41) is 3.11. The maximum Gasteiger partial charge on any atom is 0.223 e. The largest absolute Gasteiger partial charge is 0.369 e. The first kappa shape index (κ1) is 16.1. The molecule has 0 spiro atoms. The van der Waals surface area contributed by atoms with Gasteiger partial charge in [0.1, 0.15) is 0 Å². The number of piperazine rings is 1. The summed E-state index contributed by atoms with van der Waals surface area (Å²) in [5.74, 6) is 0.423. The van der Waals surface area contributed by atoms with Gasteiger partial charge in [-0.1, -0.05) is 30.4 Å². The van der Waals surface area contributed by atoms with Crippen molar-refractivity contribution in [3.63, 3.8) is 0 Å². The van der Waals surface area contributed by atoms with Crippen molar-refractivity contribution in [3.8, 4) is 0 Å². The molecule has 1 aromatic carbocycles. The molecule has 1 saturated heterocycles. The second-order valence-corrected chi connectivity index (χ2v) is 6.44. The van der Waals surface area contributed by atoms with Crippen molar-refractivity contribution < 1.29 is 4.79 Å². The number of hydrogen-bond donors (Lipinski definition) is 1. The van der Waals surface area contributed by atoms with E-state index in [1.807, 2.05) is 0 Å². The molecule has 124 valence electrons. The number of allylic oxidation sites excluding steroid dienone is 2. The van der Waals surface area contributed by atoms with Gasteiger partial charge in [0.15, 0.2) is 0 Å². The van der Waals surface area contributed by atoms with Crippen molar-refractivity contribution in [2.24, 2.45) is 5.92 Å². The van der Waals surface area contributed by atoms with E-state index in [1.165, 1.54) is 5.69 Å². The van der Waals surface area contributed by atoms with Gasteiger partial charge in [-0.05, 0) is 31.4 Å². The van der Waals surface area contributed by atoms with Gasteiger partial charge >= 0.3 is 0 Å². The quantitative estimate of drug-likeness (QED) is 0.847. The Balaban J connectivity index is 1.35. The van der Waals surface area contributed by atoms with E-state index in [-0.39, 0.29) is 11.8 Å². The van der Waals surface area contributed by atoms with Crippen LogP contribution in [0.5, 0.6) is 0 Å². The maximum atomic E-state index is 12.1. The minimum absolute atomic E-state index is 0.190. The number of hydrogen-bond acceptors (Lipinski definition) is 3. The van der Waals surface area contributed by atoms with E-state index in [4.69, 9.17) is 0 Å². The first-order valence-corrected chi connectivity index (χ1v) is 8.78. The van der Waals surface area contributed by atoms with Crippen LogP contribution in [0.25, 0.3) is 0 Å². The van der Waals surface area contributed by atoms with Crippen LogP contribution in [0.4, 0.5) is 5.69 Å². The summed E-state index contributed by atoms with van der Waals surface area (Å²) >= 11 is 0. The van der Waals surface area contributed by atoms with Gasteiger partial charge < -0.3 is 10.2 Å². The lowest BCUT2D eigenvalue weighted by Gasteiger charge is -2.36. The Kier molecular flexibility index (Phi) is 5.70. The number of nitrogens with zero attached hydrogens (tertiary/aromatic N) is 2. The third-order valence-electron chi connectivity index (χ3n) is 4.86. The van der Waals surface area contributed by atoms with E-state index in [9.17, 15) is 4.79 Å². The smallest absolute Gasteiger partial charge is 0.223 e. The lowest BCUT2D eigenvalue weighted by Crippen LogP contribution is -2.48. The van der Waals surface area contributed by atoms with Gasteiger partial charge in [-0.25, -0.2) is 0 Å². The average Bonchev–Trinajstić information content (AvgIpc) is 2.64. The zero-order valence-electron chi connectivity index (χ0n) is 13.8. The summed E-state index contributed by atoms with van der Waals surface area (Å²) in [6.07, 6.45) is 7.26. The van der Waals surface area contributed by atoms with Crippen molar-refractivity contribution in [1.29, 1.82) is 0 Å². The molecule has 0 radical (unpaired) electrons. The highest BCUT2D eigenvalue weighted by molar-refractivity contribution is 5.78. The highest BCUT2D eigenvalue weighted by Crippen LogP contribution is 2.18. The predicted molar refractivity (Wildman–Crippen MR) is 94.6 cm³/mol. The van der Waals surface area contributed by atoms with Gasteiger partial charge in [0, 0.05) is 50.9 Å². The van der Waals surface area contributed by atoms with Gasteiger partial charge in [0.2, 0.25) is 5.91 Å². The molecule has 4 nitrogen and oxygen atoms in total. The fourth-order valence-electron chi connectivity index (χ4n) is 3.38. The fourth-order valence-corrected chi connectivity index (χ4v) is 3.38. The SMILES string of the molecule is O=C(NCCN1CCN(c2ccccc2)CC1)[C@@H]1CC=CCC1. The Morgan fingerprint density at radius 3 is 2.57 bits per heavy atom. The first-order chi connectivity index (χ1) is 11.3. The van der Waals surface area contributed by atoms with E-state index in [1.54, 1.807) is 0 Å². The molecule has 1 atom stereocenters. The number of rotatable bonds is 5. The molecular weight excluding hydrogens is 286 g/mol. The normalized spacial score (nSPS) is 22.1. The average molecular weight is 313 g/mol. The van der Waals surface area contributed by atoms with Crippen molar-refractivity contribution in [1.82, 2.24) is 10.2 Å². The van der Waals surface area contributed by atoms with Gasteiger partial charge in [-0.15, -0.1) is 0 Å². The number of amides is 1. The molecular formula is C19H27N3O. The molecule has 2 aliphatic rings. The summed E-state index contributed by atoms with van der Waals surface area (Å²) < 4.78 is 0. The van der Waals surface area contributed by atoms with Crippen molar-refractivity contribution >= 4 is 11.6 Å². The lowest BCUT2D eigenvalue weighted by molar-refractivity contribution is -0.125. The molecule has 4 heteroatoms. The first-order valence-electron chi connectivity index (χ1n) is 8.78. The van der Waals surface area contributed by atoms with Crippen LogP contribution in [-0.2, 0) is 4.79 Å². The number of para-hydroxylation sites is 1. The zero-order chi connectivity index (χ0) is 15.9. The maximum absolute atomic E-state index is 12.1. The van der Waals surface area contributed by atoms with Crippen LogP contribution in [-0.4, -0.2) is 50.1 Å². The molecule has 1 aliphatic heterocycles. The van der Waals surface area contributed by atoms with Crippen LogP contribution in [0.2, 0.25) is 0 Å². The van der Waals surface area contributed by atoms with E-state index in [0.29, 0.717) is 0 Å². The number of carbonyl (C=O) groups excluding carboxylic acids is 1.